The second kappa shape index (κ2) is 8.40. The molecule has 0 radical (unpaired) electrons. The molecule has 3 aromatic rings. The number of benzene rings is 1. The van der Waals surface area contributed by atoms with E-state index >= 15 is 0 Å². The van der Waals surface area contributed by atoms with Crippen LogP contribution in [0.4, 0.5) is 0 Å². The van der Waals surface area contributed by atoms with E-state index < -0.39 is 20.5 Å². The molecular formula is C19H22N6O5S. The number of tetrazole rings is 1. The van der Waals surface area contributed by atoms with E-state index in [2.05, 4.69) is 15.4 Å². The summed E-state index contributed by atoms with van der Waals surface area (Å²) in [6.45, 7) is 1.19. The van der Waals surface area contributed by atoms with E-state index in [0.717, 1.165) is 17.4 Å². The summed E-state index contributed by atoms with van der Waals surface area (Å²) in [5, 5.41) is 20.8. The highest BCUT2D eigenvalue weighted by Gasteiger charge is 2.43. The zero-order valence-corrected chi connectivity index (χ0v) is 18.0. The van der Waals surface area contributed by atoms with Gasteiger partial charge in [0.2, 0.25) is 5.82 Å². The molecule has 1 unspecified atom stereocenters. The van der Waals surface area contributed by atoms with Crippen LogP contribution in [0.2, 0.25) is 0 Å². The van der Waals surface area contributed by atoms with E-state index in [4.69, 9.17) is 5.21 Å². The number of pyridine rings is 1. The molecular weight excluding hydrogens is 424 g/mol. The summed E-state index contributed by atoms with van der Waals surface area (Å²) in [5.41, 5.74) is 3.31. The first-order valence-corrected chi connectivity index (χ1v) is 11.1. The number of nitrogens with one attached hydrogen (secondary N) is 1. The second-order valence-corrected chi connectivity index (χ2v) is 9.77. The Morgan fingerprint density at radius 3 is 2.32 bits per heavy atom. The third-order valence-corrected chi connectivity index (χ3v) is 7.24. The number of hydrogen-bond acceptors (Lipinski definition) is 8. The van der Waals surface area contributed by atoms with Crippen LogP contribution in [0.15, 0.2) is 47.4 Å². The molecule has 1 aromatic carbocycles. The van der Waals surface area contributed by atoms with Crippen molar-refractivity contribution in [1.29, 1.82) is 0 Å². The Balaban J connectivity index is 1.80. The Bertz CT molecular complexity index is 1270. The summed E-state index contributed by atoms with van der Waals surface area (Å²) in [6, 6.07) is 10.5. The molecule has 0 fully saturated rings. The van der Waals surface area contributed by atoms with E-state index in [-0.39, 0.29) is 18.5 Å². The molecule has 3 rings (SSSR count). The molecule has 1 atom stereocenters. The molecule has 0 aliphatic carbocycles. The predicted octanol–water partition coefficient (Wildman–Crippen LogP) is 0.405. The molecule has 0 spiro atoms. The standard InChI is InChI=1S/C19H22N6O5S/c1-19(18(27)22-28,31(3,29)30)9-11-25-10-8-15(12-16(25)26)13-4-6-14(7-5-13)17-20-23-24(2)21-17/h4-8,10,12,28H,9,11H2,1-3H3,(H,22,27). The minimum atomic E-state index is -3.84. The fraction of sp³-hybridized carbons (Fsp3) is 0.316. The molecule has 0 saturated heterocycles. The predicted molar refractivity (Wildman–Crippen MR) is 112 cm³/mol. The summed E-state index contributed by atoms with van der Waals surface area (Å²) >= 11 is 0. The molecule has 0 bridgehead atoms. The molecule has 1 amide bonds. The van der Waals surface area contributed by atoms with Gasteiger partial charge in [-0.05, 0) is 35.8 Å². The Hall–Kier alpha value is -3.38. The van der Waals surface area contributed by atoms with Crippen molar-refractivity contribution in [3.8, 4) is 22.5 Å². The minimum absolute atomic E-state index is 0.0204. The minimum Gasteiger partial charge on any atom is -0.315 e. The lowest BCUT2D eigenvalue weighted by Crippen LogP contribution is -2.49. The Kier molecular flexibility index (Phi) is 6.04. The van der Waals surface area contributed by atoms with Crippen molar-refractivity contribution in [2.75, 3.05) is 6.26 Å². The van der Waals surface area contributed by atoms with Crippen LogP contribution >= 0.6 is 0 Å². The molecule has 164 valence electrons. The lowest BCUT2D eigenvalue weighted by molar-refractivity contribution is -0.131. The molecule has 12 heteroatoms. The zero-order valence-electron chi connectivity index (χ0n) is 17.2. The maximum absolute atomic E-state index is 12.5. The molecule has 0 aliphatic rings. The maximum atomic E-state index is 12.5. The van der Waals surface area contributed by atoms with Crippen LogP contribution in [0.5, 0.6) is 0 Å². The fourth-order valence-corrected chi connectivity index (χ4v) is 3.85. The molecule has 31 heavy (non-hydrogen) atoms. The van der Waals surface area contributed by atoms with Gasteiger partial charge in [-0.3, -0.25) is 14.8 Å². The molecule has 0 saturated carbocycles. The van der Waals surface area contributed by atoms with Crippen molar-refractivity contribution in [2.45, 2.75) is 24.6 Å². The van der Waals surface area contributed by atoms with Crippen molar-refractivity contribution in [2.24, 2.45) is 7.05 Å². The van der Waals surface area contributed by atoms with Crippen LogP contribution in [-0.4, -0.2) is 55.3 Å². The summed E-state index contributed by atoms with van der Waals surface area (Å²) in [5.74, 6) is -0.553. The SMILES string of the molecule is Cn1nnc(-c2ccc(-c3ccn(CCC(C)(C(=O)NO)S(C)(=O)=O)c(=O)c3)cc2)n1. The zero-order chi connectivity index (χ0) is 22.8. The van der Waals surface area contributed by atoms with Crippen molar-refractivity contribution in [3.05, 3.63) is 52.9 Å². The summed E-state index contributed by atoms with van der Waals surface area (Å²) in [6.07, 6.45) is 2.26. The van der Waals surface area contributed by atoms with Gasteiger partial charge >= 0.3 is 0 Å². The number of carbonyl (C=O) groups is 1. The highest BCUT2D eigenvalue weighted by atomic mass is 32.2. The maximum Gasteiger partial charge on any atom is 0.264 e. The van der Waals surface area contributed by atoms with E-state index in [1.165, 1.54) is 34.0 Å². The monoisotopic (exact) mass is 446 g/mol. The number of aromatic nitrogens is 5. The van der Waals surface area contributed by atoms with E-state index in [1.807, 2.05) is 24.3 Å². The van der Waals surface area contributed by atoms with Crippen molar-refractivity contribution in [1.82, 2.24) is 30.3 Å². The molecule has 2 N–H and O–H groups in total. The number of amides is 1. The van der Waals surface area contributed by atoms with Crippen LogP contribution in [0.3, 0.4) is 0 Å². The quantitative estimate of drug-likeness (QED) is 0.391. The Morgan fingerprint density at radius 1 is 1.16 bits per heavy atom. The normalized spacial score (nSPS) is 13.5. The summed E-state index contributed by atoms with van der Waals surface area (Å²) in [4.78, 5) is 25.8. The van der Waals surface area contributed by atoms with E-state index in [0.29, 0.717) is 11.4 Å². The number of nitrogens with zero attached hydrogens (tertiary/aromatic N) is 5. The van der Waals surface area contributed by atoms with Crippen molar-refractivity contribution < 1.29 is 18.4 Å². The van der Waals surface area contributed by atoms with Gasteiger partial charge in [0, 0.05) is 30.6 Å². The Labute approximate surface area is 178 Å². The highest BCUT2D eigenvalue weighted by Crippen LogP contribution is 2.23. The third-order valence-electron chi connectivity index (χ3n) is 5.21. The number of rotatable bonds is 7. The first kappa shape index (κ1) is 22.3. The average Bonchev–Trinajstić information content (AvgIpc) is 3.17. The van der Waals surface area contributed by atoms with E-state index in [9.17, 15) is 18.0 Å². The third kappa shape index (κ3) is 4.54. The van der Waals surface area contributed by atoms with Gasteiger partial charge in [0.15, 0.2) is 14.6 Å². The molecule has 2 heterocycles. The van der Waals surface area contributed by atoms with Gasteiger partial charge in [-0.15, -0.1) is 10.2 Å². The number of carbonyl (C=O) groups excluding carboxylic acids is 1. The van der Waals surface area contributed by atoms with Crippen LogP contribution in [0, 0.1) is 0 Å². The number of hydrogen-bond donors (Lipinski definition) is 2. The van der Waals surface area contributed by atoms with Crippen molar-refractivity contribution >= 4 is 15.7 Å². The van der Waals surface area contributed by atoms with Crippen molar-refractivity contribution in [3.63, 3.8) is 0 Å². The smallest absolute Gasteiger partial charge is 0.264 e. The number of sulfone groups is 1. The van der Waals surface area contributed by atoms with Gasteiger partial charge in [0.05, 0.1) is 7.05 Å². The molecule has 2 aromatic heterocycles. The van der Waals surface area contributed by atoms with Crippen LogP contribution in [0.25, 0.3) is 22.5 Å². The van der Waals surface area contributed by atoms with Gasteiger partial charge in [-0.2, -0.15) is 4.80 Å². The van der Waals surface area contributed by atoms with Gasteiger partial charge in [0.25, 0.3) is 11.5 Å². The molecule has 0 aliphatic heterocycles. The van der Waals surface area contributed by atoms with Crippen LogP contribution in [0.1, 0.15) is 13.3 Å². The topological polar surface area (TPSA) is 149 Å². The fourth-order valence-electron chi connectivity index (χ4n) is 3.00. The first-order valence-electron chi connectivity index (χ1n) is 9.24. The highest BCUT2D eigenvalue weighted by molar-refractivity contribution is 7.92. The first-order chi connectivity index (χ1) is 14.5. The lowest BCUT2D eigenvalue weighted by Gasteiger charge is -2.25. The summed E-state index contributed by atoms with van der Waals surface area (Å²) in [7, 11) is -2.16. The second-order valence-electron chi connectivity index (χ2n) is 7.32. The molecule has 11 nitrogen and oxygen atoms in total. The van der Waals surface area contributed by atoms with Gasteiger partial charge in [-0.1, -0.05) is 24.3 Å². The average molecular weight is 446 g/mol. The summed E-state index contributed by atoms with van der Waals surface area (Å²) < 4.78 is 23.6. The lowest BCUT2D eigenvalue weighted by atomic mass is 10.0. The Morgan fingerprint density at radius 2 is 1.81 bits per heavy atom. The van der Waals surface area contributed by atoms with Crippen LogP contribution < -0.4 is 11.0 Å². The largest absolute Gasteiger partial charge is 0.315 e. The number of hydroxylamine groups is 1. The van der Waals surface area contributed by atoms with Gasteiger partial charge in [0.1, 0.15) is 0 Å². The number of aryl methyl sites for hydroxylation is 2. The van der Waals surface area contributed by atoms with Gasteiger partial charge < -0.3 is 4.57 Å². The van der Waals surface area contributed by atoms with E-state index in [1.54, 1.807) is 13.1 Å². The van der Waals surface area contributed by atoms with Crippen LogP contribution in [-0.2, 0) is 28.2 Å². The van der Waals surface area contributed by atoms with Gasteiger partial charge in [-0.25, -0.2) is 13.9 Å².